The summed E-state index contributed by atoms with van der Waals surface area (Å²) in [5.74, 6) is 0.315. The maximum atomic E-state index is 12.8. The molecule has 29 heavy (non-hydrogen) atoms. The highest BCUT2D eigenvalue weighted by Crippen LogP contribution is 2.21. The molecule has 1 fully saturated rings. The highest BCUT2D eigenvalue weighted by molar-refractivity contribution is 6.07. The third kappa shape index (κ3) is 5.76. The molecule has 154 valence electrons. The van der Waals surface area contributed by atoms with Gasteiger partial charge < -0.3 is 15.4 Å². The fraction of sp³-hybridized carbons (Fsp3) is 0.455. The van der Waals surface area contributed by atoms with Gasteiger partial charge in [-0.3, -0.25) is 4.79 Å². The Hall–Kier alpha value is -2.96. The van der Waals surface area contributed by atoms with Gasteiger partial charge in [0.2, 0.25) is 0 Å². The topological polar surface area (TPSA) is 93.2 Å². The van der Waals surface area contributed by atoms with Crippen LogP contribution in [0, 0.1) is 6.92 Å². The minimum atomic E-state index is -0.474. The number of rotatable bonds is 6. The summed E-state index contributed by atoms with van der Waals surface area (Å²) >= 11 is 0. The van der Waals surface area contributed by atoms with E-state index in [0.717, 1.165) is 12.8 Å². The molecule has 1 aliphatic carbocycles. The standard InChI is InChI=1S/C22H28N4O3/c1-3-29-22(28)17-12-8-9-13-18(17)26-21(27)19-14-20(24-15(2)23-19)25-16-10-6-4-5-7-11-16/h8-9,12-14,16H,3-7,10-11H2,1-2H3,(H,26,27)(H,23,24,25). The first-order valence-electron chi connectivity index (χ1n) is 10.3. The van der Waals surface area contributed by atoms with Gasteiger partial charge in [0.1, 0.15) is 17.3 Å². The molecule has 1 heterocycles. The van der Waals surface area contributed by atoms with E-state index >= 15 is 0 Å². The number of anilines is 2. The fourth-order valence-corrected chi connectivity index (χ4v) is 3.56. The van der Waals surface area contributed by atoms with Crippen molar-refractivity contribution in [3.8, 4) is 0 Å². The Bertz CT molecular complexity index is 861. The van der Waals surface area contributed by atoms with E-state index < -0.39 is 11.9 Å². The molecule has 1 aromatic heterocycles. The van der Waals surface area contributed by atoms with E-state index in [9.17, 15) is 9.59 Å². The number of ether oxygens (including phenoxy) is 1. The van der Waals surface area contributed by atoms with Crippen LogP contribution >= 0.6 is 0 Å². The van der Waals surface area contributed by atoms with Crippen molar-refractivity contribution in [3.05, 3.63) is 47.4 Å². The maximum Gasteiger partial charge on any atom is 0.340 e. The molecule has 0 radical (unpaired) electrons. The number of benzene rings is 1. The first-order valence-corrected chi connectivity index (χ1v) is 10.3. The molecule has 7 heteroatoms. The summed E-state index contributed by atoms with van der Waals surface area (Å²) in [7, 11) is 0. The average Bonchev–Trinajstić information content (AvgIpc) is 2.97. The van der Waals surface area contributed by atoms with Crippen molar-refractivity contribution >= 4 is 23.4 Å². The van der Waals surface area contributed by atoms with Gasteiger partial charge in [0.25, 0.3) is 5.91 Å². The van der Waals surface area contributed by atoms with Gasteiger partial charge in [-0.15, -0.1) is 0 Å². The highest BCUT2D eigenvalue weighted by atomic mass is 16.5. The van der Waals surface area contributed by atoms with Gasteiger partial charge >= 0.3 is 5.97 Å². The maximum absolute atomic E-state index is 12.8. The van der Waals surface area contributed by atoms with E-state index in [-0.39, 0.29) is 12.3 Å². The van der Waals surface area contributed by atoms with Gasteiger partial charge in [0, 0.05) is 12.1 Å². The Morgan fingerprint density at radius 2 is 1.83 bits per heavy atom. The molecule has 0 unspecified atom stereocenters. The highest BCUT2D eigenvalue weighted by Gasteiger charge is 2.18. The van der Waals surface area contributed by atoms with Gasteiger partial charge in [-0.2, -0.15) is 0 Å². The zero-order chi connectivity index (χ0) is 20.6. The van der Waals surface area contributed by atoms with Crippen LogP contribution in [0.1, 0.15) is 72.1 Å². The summed E-state index contributed by atoms with van der Waals surface area (Å²) in [5, 5.41) is 6.24. The molecule has 0 atom stereocenters. The third-order valence-electron chi connectivity index (χ3n) is 4.95. The fourth-order valence-electron chi connectivity index (χ4n) is 3.56. The van der Waals surface area contributed by atoms with Crippen molar-refractivity contribution in [1.82, 2.24) is 9.97 Å². The van der Waals surface area contributed by atoms with Gasteiger partial charge in [0.15, 0.2) is 0 Å². The number of nitrogens with one attached hydrogen (secondary N) is 2. The van der Waals surface area contributed by atoms with Crippen LogP contribution in [0.5, 0.6) is 0 Å². The summed E-state index contributed by atoms with van der Waals surface area (Å²) in [4.78, 5) is 33.7. The third-order valence-corrected chi connectivity index (χ3v) is 4.95. The molecular formula is C22H28N4O3. The van der Waals surface area contributed by atoms with Crippen LogP contribution in [0.25, 0.3) is 0 Å². The summed E-state index contributed by atoms with van der Waals surface area (Å²) in [6.07, 6.45) is 7.18. The van der Waals surface area contributed by atoms with E-state index in [2.05, 4.69) is 20.6 Å². The predicted octanol–water partition coefficient (Wildman–Crippen LogP) is 4.35. The largest absolute Gasteiger partial charge is 0.462 e. The molecule has 1 amide bonds. The first-order chi connectivity index (χ1) is 14.1. The number of carbonyl (C=O) groups is 2. The monoisotopic (exact) mass is 396 g/mol. The Kier molecular flexibility index (Phi) is 7.16. The second-order valence-electron chi connectivity index (χ2n) is 7.24. The summed E-state index contributed by atoms with van der Waals surface area (Å²) in [6, 6.07) is 8.81. The summed E-state index contributed by atoms with van der Waals surface area (Å²) < 4.78 is 5.06. The number of carbonyl (C=O) groups excluding carboxylic acids is 2. The molecule has 1 aromatic carbocycles. The lowest BCUT2D eigenvalue weighted by Gasteiger charge is -2.17. The zero-order valence-electron chi connectivity index (χ0n) is 17.0. The van der Waals surface area contributed by atoms with E-state index in [0.29, 0.717) is 28.9 Å². The van der Waals surface area contributed by atoms with Crippen LogP contribution in [0.15, 0.2) is 30.3 Å². The molecule has 1 aliphatic rings. The number of amides is 1. The average molecular weight is 396 g/mol. The number of aromatic nitrogens is 2. The van der Waals surface area contributed by atoms with Gasteiger partial charge in [-0.25, -0.2) is 14.8 Å². The molecule has 1 saturated carbocycles. The van der Waals surface area contributed by atoms with Gasteiger partial charge in [-0.1, -0.05) is 37.8 Å². The summed E-state index contributed by atoms with van der Waals surface area (Å²) in [6.45, 7) is 3.77. The van der Waals surface area contributed by atoms with Crippen molar-refractivity contribution < 1.29 is 14.3 Å². The van der Waals surface area contributed by atoms with E-state index in [1.807, 2.05) is 0 Å². The lowest BCUT2D eigenvalue weighted by Crippen LogP contribution is -2.21. The molecule has 2 N–H and O–H groups in total. The lowest BCUT2D eigenvalue weighted by molar-refractivity contribution is 0.0527. The molecule has 0 bridgehead atoms. The first kappa shape index (κ1) is 20.8. The molecule has 3 rings (SSSR count). The van der Waals surface area contributed by atoms with Crippen molar-refractivity contribution in [2.45, 2.75) is 58.4 Å². The van der Waals surface area contributed by atoms with Crippen LogP contribution in [0.4, 0.5) is 11.5 Å². The van der Waals surface area contributed by atoms with Crippen LogP contribution in [-0.2, 0) is 4.74 Å². The van der Waals surface area contributed by atoms with Crippen molar-refractivity contribution in [2.75, 3.05) is 17.2 Å². The number of para-hydroxylation sites is 1. The number of hydrogen-bond acceptors (Lipinski definition) is 6. The Labute approximate surface area is 171 Å². The zero-order valence-corrected chi connectivity index (χ0v) is 17.0. The molecule has 0 aliphatic heterocycles. The van der Waals surface area contributed by atoms with E-state index in [1.54, 1.807) is 44.2 Å². The quantitative estimate of drug-likeness (QED) is 0.557. The summed E-state index contributed by atoms with van der Waals surface area (Å²) in [5.41, 5.74) is 0.961. The Morgan fingerprint density at radius 3 is 2.55 bits per heavy atom. The van der Waals surface area contributed by atoms with Crippen LogP contribution in [-0.4, -0.2) is 34.5 Å². The smallest absolute Gasteiger partial charge is 0.340 e. The molecular weight excluding hydrogens is 368 g/mol. The predicted molar refractivity (Wildman–Crippen MR) is 112 cm³/mol. The number of esters is 1. The van der Waals surface area contributed by atoms with Gasteiger partial charge in [-0.05, 0) is 38.8 Å². The van der Waals surface area contributed by atoms with Crippen molar-refractivity contribution in [1.29, 1.82) is 0 Å². The van der Waals surface area contributed by atoms with Crippen LogP contribution < -0.4 is 10.6 Å². The number of aryl methyl sites for hydroxylation is 1. The second-order valence-corrected chi connectivity index (χ2v) is 7.24. The normalized spacial score (nSPS) is 14.7. The van der Waals surface area contributed by atoms with Crippen LogP contribution in [0.3, 0.4) is 0 Å². The molecule has 7 nitrogen and oxygen atoms in total. The molecule has 0 saturated heterocycles. The van der Waals surface area contributed by atoms with Gasteiger partial charge in [0.05, 0.1) is 17.9 Å². The second kappa shape index (κ2) is 10.0. The number of nitrogens with zero attached hydrogens (tertiary/aromatic N) is 2. The Morgan fingerprint density at radius 1 is 1.10 bits per heavy atom. The van der Waals surface area contributed by atoms with Crippen molar-refractivity contribution in [3.63, 3.8) is 0 Å². The molecule has 2 aromatic rings. The minimum absolute atomic E-state index is 0.257. The van der Waals surface area contributed by atoms with Crippen LogP contribution in [0.2, 0.25) is 0 Å². The lowest BCUT2D eigenvalue weighted by atomic mass is 10.1. The SMILES string of the molecule is CCOC(=O)c1ccccc1NC(=O)c1cc(NC2CCCCCC2)nc(C)n1. The minimum Gasteiger partial charge on any atom is -0.462 e. The Balaban J connectivity index is 1.76. The molecule has 0 spiro atoms. The van der Waals surface area contributed by atoms with Crippen molar-refractivity contribution in [2.24, 2.45) is 0 Å². The van der Waals surface area contributed by atoms with E-state index in [1.165, 1.54) is 25.7 Å². The van der Waals surface area contributed by atoms with E-state index in [4.69, 9.17) is 4.74 Å². The number of hydrogen-bond donors (Lipinski definition) is 2.